The van der Waals surface area contributed by atoms with E-state index in [9.17, 15) is 0 Å². The lowest BCUT2D eigenvalue weighted by atomic mass is 10.1. The Bertz CT molecular complexity index is 518. The molecule has 2 heterocycles. The summed E-state index contributed by atoms with van der Waals surface area (Å²) < 4.78 is 5.21. The zero-order chi connectivity index (χ0) is 13.0. The minimum absolute atomic E-state index is 0.189. The van der Waals surface area contributed by atoms with Crippen molar-refractivity contribution in [2.24, 2.45) is 0 Å². The fourth-order valence-electron chi connectivity index (χ4n) is 1.67. The van der Waals surface area contributed by atoms with Crippen LogP contribution < -0.4 is 10.1 Å². The summed E-state index contributed by atoms with van der Waals surface area (Å²) in [4.78, 5) is 12.7. The molecule has 18 heavy (non-hydrogen) atoms. The fraction of sp³-hybridized carbons (Fsp3) is 0.250. The zero-order valence-electron chi connectivity index (χ0n) is 10.1. The van der Waals surface area contributed by atoms with Crippen molar-refractivity contribution < 1.29 is 4.74 Å². The van der Waals surface area contributed by atoms with Gasteiger partial charge in [0.2, 0.25) is 5.88 Å². The molecule has 0 aliphatic rings. The van der Waals surface area contributed by atoms with Crippen LogP contribution in [0, 0.1) is 0 Å². The molecular formula is C12H13ClN4O. The number of pyridine rings is 1. The summed E-state index contributed by atoms with van der Waals surface area (Å²) in [5.41, 5.74) is 1.50. The molecule has 5 nitrogen and oxygen atoms in total. The molecule has 0 bridgehead atoms. The van der Waals surface area contributed by atoms with Crippen LogP contribution in [0.3, 0.4) is 0 Å². The second-order valence-electron chi connectivity index (χ2n) is 3.57. The number of methoxy groups -OCH3 is 1. The van der Waals surface area contributed by atoms with Crippen molar-refractivity contribution in [3.8, 4) is 5.88 Å². The third kappa shape index (κ3) is 2.57. The molecule has 0 aliphatic heterocycles. The van der Waals surface area contributed by atoms with Gasteiger partial charge in [0.25, 0.3) is 0 Å². The van der Waals surface area contributed by atoms with Gasteiger partial charge in [0, 0.05) is 18.6 Å². The number of rotatable bonds is 4. The van der Waals surface area contributed by atoms with E-state index >= 15 is 0 Å². The van der Waals surface area contributed by atoms with E-state index in [0.29, 0.717) is 16.6 Å². The smallest absolute Gasteiger partial charge is 0.237 e. The highest BCUT2D eigenvalue weighted by atomic mass is 35.5. The number of halogens is 1. The summed E-state index contributed by atoms with van der Waals surface area (Å²) in [5.74, 6) is 0.480. The average molecular weight is 265 g/mol. The van der Waals surface area contributed by atoms with Crippen LogP contribution in [0.5, 0.6) is 5.88 Å². The van der Waals surface area contributed by atoms with Crippen LogP contribution in [-0.2, 0) is 0 Å². The SMILES string of the molecule is CNC(c1ccc(Cl)cn1)c1nccnc1OC. The lowest BCUT2D eigenvalue weighted by Crippen LogP contribution is -2.21. The highest BCUT2D eigenvalue weighted by molar-refractivity contribution is 6.30. The van der Waals surface area contributed by atoms with Gasteiger partial charge in [-0.25, -0.2) is 4.98 Å². The van der Waals surface area contributed by atoms with Crippen LogP contribution in [0.15, 0.2) is 30.7 Å². The third-order valence-electron chi connectivity index (χ3n) is 2.49. The Kier molecular flexibility index (Phi) is 4.07. The van der Waals surface area contributed by atoms with Gasteiger partial charge in [-0.15, -0.1) is 0 Å². The van der Waals surface area contributed by atoms with Crippen LogP contribution >= 0.6 is 11.6 Å². The Hall–Kier alpha value is -1.72. The van der Waals surface area contributed by atoms with Crippen molar-refractivity contribution in [1.82, 2.24) is 20.3 Å². The van der Waals surface area contributed by atoms with Crippen LogP contribution in [0.2, 0.25) is 5.02 Å². The summed E-state index contributed by atoms with van der Waals surface area (Å²) in [5, 5.41) is 3.74. The Labute approximate surface area is 110 Å². The van der Waals surface area contributed by atoms with Crippen LogP contribution in [0.1, 0.15) is 17.4 Å². The van der Waals surface area contributed by atoms with Crippen LogP contribution in [0.25, 0.3) is 0 Å². The van der Waals surface area contributed by atoms with E-state index in [-0.39, 0.29) is 6.04 Å². The van der Waals surface area contributed by atoms with Crippen molar-refractivity contribution in [2.75, 3.05) is 14.2 Å². The Morgan fingerprint density at radius 1 is 1.22 bits per heavy atom. The van der Waals surface area contributed by atoms with Crippen LogP contribution in [0.4, 0.5) is 0 Å². The molecule has 1 unspecified atom stereocenters. The Balaban J connectivity index is 2.41. The normalized spacial score (nSPS) is 12.2. The van der Waals surface area contributed by atoms with Crippen molar-refractivity contribution in [2.45, 2.75) is 6.04 Å². The highest BCUT2D eigenvalue weighted by Crippen LogP contribution is 2.25. The number of ether oxygens (including phenoxy) is 1. The van der Waals surface area contributed by atoms with E-state index in [2.05, 4.69) is 20.3 Å². The summed E-state index contributed by atoms with van der Waals surface area (Å²) in [6, 6.07) is 3.44. The first-order chi connectivity index (χ1) is 8.76. The predicted molar refractivity (Wildman–Crippen MR) is 68.7 cm³/mol. The molecule has 0 saturated carbocycles. The lowest BCUT2D eigenvalue weighted by molar-refractivity contribution is 0.383. The molecule has 0 aliphatic carbocycles. The molecule has 1 atom stereocenters. The second kappa shape index (κ2) is 5.75. The molecule has 0 aromatic carbocycles. The maximum absolute atomic E-state index is 5.83. The van der Waals surface area contributed by atoms with Gasteiger partial charge in [0.1, 0.15) is 5.69 Å². The number of aromatic nitrogens is 3. The zero-order valence-corrected chi connectivity index (χ0v) is 10.8. The molecule has 2 aromatic heterocycles. The minimum Gasteiger partial charge on any atom is -0.480 e. The molecule has 0 fully saturated rings. The lowest BCUT2D eigenvalue weighted by Gasteiger charge is -2.16. The van der Waals surface area contributed by atoms with Gasteiger partial charge in [0.15, 0.2) is 0 Å². The topological polar surface area (TPSA) is 59.9 Å². The molecular weight excluding hydrogens is 252 g/mol. The molecule has 6 heteroatoms. The first-order valence-corrected chi connectivity index (χ1v) is 5.77. The standard InChI is InChI=1S/C12H13ClN4O/c1-14-10(9-4-3-8(13)7-17-9)11-12(18-2)16-6-5-15-11/h3-7,10,14H,1-2H3. The van der Waals surface area contributed by atoms with Gasteiger partial charge in [-0.3, -0.25) is 9.97 Å². The Morgan fingerprint density at radius 3 is 2.61 bits per heavy atom. The summed E-state index contributed by atoms with van der Waals surface area (Å²) in [6.45, 7) is 0. The Morgan fingerprint density at radius 2 is 2.00 bits per heavy atom. The van der Waals surface area contributed by atoms with Gasteiger partial charge >= 0.3 is 0 Å². The molecule has 2 rings (SSSR count). The first-order valence-electron chi connectivity index (χ1n) is 5.40. The maximum Gasteiger partial charge on any atom is 0.237 e. The minimum atomic E-state index is -0.189. The van der Waals surface area contributed by atoms with E-state index in [4.69, 9.17) is 16.3 Å². The number of nitrogens with one attached hydrogen (secondary N) is 1. The third-order valence-corrected chi connectivity index (χ3v) is 2.72. The second-order valence-corrected chi connectivity index (χ2v) is 4.01. The highest BCUT2D eigenvalue weighted by Gasteiger charge is 2.19. The van der Waals surface area contributed by atoms with Gasteiger partial charge in [-0.05, 0) is 19.2 Å². The molecule has 0 saturated heterocycles. The molecule has 1 N–H and O–H groups in total. The van der Waals surface area contributed by atoms with E-state index < -0.39 is 0 Å². The molecule has 0 amide bonds. The van der Waals surface area contributed by atoms with Gasteiger partial charge in [-0.1, -0.05) is 11.6 Å². The number of nitrogens with zero attached hydrogens (tertiary/aromatic N) is 3. The quantitative estimate of drug-likeness (QED) is 0.913. The molecule has 94 valence electrons. The monoisotopic (exact) mass is 264 g/mol. The molecule has 0 spiro atoms. The van der Waals surface area contributed by atoms with Gasteiger partial charge in [0.05, 0.1) is 23.9 Å². The summed E-state index contributed by atoms with van der Waals surface area (Å²) >= 11 is 5.83. The molecule has 0 radical (unpaired) electrons. The van der Waals surface area contributed by atoms with Gasteiger partial charge in [-0.2, -0.15) is 0 Å². The van der Waals surface area contributed by atoms with Crippen molar-refractivity contribution in [3.63, 3.8) is 0 Å². The average Bonchev–Trinajstić information content (AvgIpc) is 2.42. The van der Waals surface area contributed by atoms with Crippen molar-refractivity contribution in [3.05, 3.63) is 47.1 Å². The van der Waals surface area contributed by atoms with E-state index in [1.54, 1.807) is 31.8 Å². The molecule has 2 aromatic rings. The number of hydrogen-bond donors (Lipinski definition) is 1. The van der Waals surface area contributed by atoms with Crippen molar-refractivity contribution in [1.29, 1.82) is 0 Å². The first kappa shape index (κ1) is 12.7. The summed E-state index contributed by atoms with van der Waals surface area (Å²) in [6.07, 6.45) is 4.81. The summed E-state index contributed by atoms with van der Waals surface area (Å²) in [7, 11) is 3.39. The largest absolute Gasteiger partial charge is 0.480 e. The van der Waals surface area contributed by atoms with E-state index in [0.717, 1.165) is 5.69 Å². The number of hydrogen-bond acceptors (Lipinski definition) is 5. The predicted octanol–water partition coefficient (Wildman–Crippen LogP) is 1.84. The van der Waals surface area contributed by atoms with Gasteiger partial charge < -0.3 is 10.1 Å². The van der Waals surface area contributed by atoms with E-state index in [1.165, 1.54) is 0 Å². The van der Waals surface area contributed by atoms with Crippen molar-refractivity contribution >= 4 is 11.6 Å². The fourth-order valence-corrected chi connectivity index (χ4v) is 1.79. The van der Waals surface area contributed by atoms with E-state index in [1.807, 2.05) is 13.1 Å². The maximum atomic E-state index is 5.83. The van der Waals surface area contributed by atoms with Crippen LogP contribution in [-0.4, -0.2) is 29.1 Å².